The SMILES string of the molecule is Cc1ncnc2c1c(-c1ncc[nH]1)nn2CC(=O)N1CCN(c2ccc(Cl)cc2F)C[C@@H]1C. The van der Waals surface area contributed by atoms with Crippen LogP contribution in [-0.2, 0) is 11.3 Å². The van der Waals surface area contributed by atoms with E-state index in [1.807, 2.05) is 18.7 Å². The van der Waals surface area contributed by atoms with Crippen molar-refractivity contribution in [2.75, 3.05) is 24.5 Å². The Labute approximate surface area is 194 Å². The molecule has 4 heterocycles. The van der Waals surface area contributed by atoms with Gasteiger partial charge in [0.15, 0.2) is 11.5 Å². The standard InChI is InChI=1S/C22H22ClFN8O/c1-13-10-30(17-4-3-15(23)9-16(17)24)7-8-31(13)18(33)11-32-22-19(14(2)27-12-28-22)20(29-32)21-25-5-6-26-21/h3-6,9,12-13H,7-8,10-11H2,1-2H3,(H,25,26)/t13-/m0/s1. The van der Waals surface area contributed by atoms with Crippen molar-refractivity contribution < 1.29 is 9.18 Å². The maximum Gasteiger partial charge on any atom is 0.244 e. The maximum absolute atomic E-state index is 14.4. The maximum atomic E-state index is 14.4. The first-order chi connectivity index (χ1) is 15.9. The lowest BCUT2D eigenvalue weighted by Crippen LogP contribution is -2.55. The van der Waals surface area contributed by atoms with Crippen LogP contribution in [0.1, 0.15) is 12.6 Å². The first kappa shape index (κ1) is 21.3. The van der Waals surface area contributed by atoms with Gasteiger partial charge in [0.25, 0.3) is 0 Å². The second kappa shape index (κ2) is 8.43. The van der Waals surface area contributed by atoms with Crippen molar-refractivity contribution in [1.82, 2.24) is 34.6 Å². The van der Waals surface area contributed by atoms with Gasteiger partial charge in [-0.2, -0.15) is 5.10 Å². The molecule has 1 saturated heterocycles. The topological polar surface area (TPSA) is 95.8 Å². The van der Waals surface area contributed by atoms with Gasteiger partial charge in [0.05, 0.1) is 16.8 Å². The molecule has 1 amide bonds. The zero-order chi connectivity index (χ0) is 23.1. The Hall–Kier alpha value is -3.53. The highest BCUT2D eigenvalue weighted by molar-refractivity contribution is 6.30. The number of fused-ring (bicyclic) bond motifs is 1. The lowest BCUT2D eigenvalue weighted by molar-refractivity contribution is -0.134. The Morgan fingerprint density at radius 1 is 1.27 bits per heavy atom. The van der Waals surface area contributed by atoms with E-state index in [0.29, 0.717) is 47.5 Å². The zero-order valence-corrected chi connectivity index (χ0v) is 18.9. The molecule has 1 aliphatic heterocycles. The number of aryl methyl sites for hydroxylation is 1. The predicted molar refractivity (Wildman–Crippen MR) is 122 cm³/mol. The number of nitrogens with zero attached hydrogens (tertiary/aromatic N) is 7. The van der Waals surface area contributed by atoms with E-state index in [4.69, 9.17) is 11.6 Å². The van der Waals surface area contributed by atoms with Gasteiger partial charge in [-0.05, 0) is 32.0 Å². The molecule has 0 bridgehead atoms. The number of aromatic nitrogens is 6. The summed E-state index contributed by atoms with van der Waals surface area (Å²) in [5, 5.41) is 5.75. The summed E-state index contributed by atoms with van der Waals surface area (Å²) in [4.78, 5) is 33.0. The third-order valence-corrected chi connectivity index (χ3v) is 6.16. The van der Waals surface area contributed by atoms with Gasteiger partial charge in [-0.25, -0.2) is 24.0 Å². The fourth-order valence-electron chi connectivity index (χ4n) is 4.33. The molecular formula is C22H22ClFN8O. The van der Waals surface area contributed by atoms with Crippen LogP contribution >= 0.6 is 11.6 Å². The summed E-state index contributed by atoms with van der Waals surface area (Å²) in [7, 11) is 0. The molecule has 1 atom stereocenters. The highest BCUT2D eigenvalue weighted by Crippen LogP contribution is 2.27. The largest absolute Gasteiger partial charge is 0.365 e. The lowest BCUT2D eigenvalue weighted by atomic mass is 10.1. The number of hydrogen-bond acceptors (Lipinski definition) is 6. The van der Waals surface area contributed by atoms with Gasteiger partial charge in [0.2, 0.25) is 5.91 Å². The van der Waals surface area contributed by atoms with E-state index in [-0.39, 0.29) is 24.3 Å². The predicted octanol–water partition coefficient (Wildman–Crippen LogP) is 3.05. The average Bonchev–Trinajstić information content (AvgIpc) is 3.43. The number of carbonyl (C=O) groups is 1. The highest BCUT2D eigenvalue weighted by atomic mass is 35.5. The van der Waals surface area contributed by atoms with Gasteiger partial charge < -0.3 is 14.8 Å². The van der Waals surface area contributed by atoms with E-state index in [1.165, 1.54) is 12.4 Å². The van der Waals surface area contributed by atoms with Crippen LogP contribution in [0.4, 0.5) is 10.1 Å². The van der Waals surface area contributed by atoms with Crippen molar-refractivity contribution in [2.24, 2.45) is 0 Å². The van der Waals surface area contributed by atoms with Gasteiger partial charge in [0, 0.05) is 43.1 Å². The molecule has 1 N–H and O–H groups in total. The summed E-state index contributed by atoms with van der Waals surface area (Å²) < 4.78 is 16.0. The minimum Gasteiger partial charge on any atom is -0.365 e. The molecule has 170 valence electrons. The highest BCUT2D eigenvalue weighted by Gasteiger charge is 2.30. The summed E-state index contributed by atoms with van der Waals surface area (Å²) in [5.41, 5.74) is 2.44. The molecular weight excluding hydrogens is 447 g/mol. The number of hydrogen-bond donors (Lipinski definition) is 1. The van der Waals surface area contributed by atoms with E-state index < -0.39 is 0 Å². The second-order valence-electron chi connectivity index (χ2n) is 8.08. The number of aromatic amines is 1. The van der Waals surface area contributed by atoms with Crippen molar-refractivity contribution in [1.29, 1.82) is 0 Å². The molecule has 3 aromatic heterocycles. The van der Waals surface area contributed by atoms with Crippen LogP contribution in [0.25, 0.3) is 22.6 Å². The number of H-pyrrole nitrogens is 1. The van der Waals surface area contributed by atoms with Crippen LogP contribution in [0.15, 0.2) is 36.9 Å². The molecule has 1 aliphatic rings. The van der Waals surface area contributed by atoms with E-state index in [2.05, 4.69) is 25.0 Å². The Bertz CT molecular complexity index is 1320. The summed E-state index contributed by atoms with van der Waals surface area (Å²) in [6.45, 7) is 5.38. The Kier molecular flexibility index (Phi) is 5.45. The van der Waals surface area contributed by atoms with E-state index in [9.17, 15) is 9.18 Å². The first-order valence-electron chi connectivity index (χ1n) is 10.6. The molecule has 11 heteroatoms. The molecule has 4 aromatic rings. The van der Waals surface area contributed by atoms with E-state index >= 15 is 0 Å². The Balaban J connectivity index is 1.37. The molecule has 33 heavy (non-hydrogen) atoms. The van der Waals surface area contributed by atoms with Gasteiger partial charge in [-0.15, -0.1) is 0 Å². The molecule has 0 unspecified atom stereocenters. The number of piperazine rings is 1. The van der Waals surface area contributed by atoms with Gasteiger partial charge in [-0.3, -0.25) is 4.79 Å². The lowest BCUT2D eigenvalue weighted by Gasteiger charge is -2.41. The van der Waals surface area contributed by atoms with Crippen LogP contribution in [0.3, 0.4) is 0 Å². The Morgan fingerprint density at radius 3 is 2.85 bits per heavy atom. The minimum absolute atomic E-state index is 0.0350. The molecule has 0 radical (unpaired) electrons. The number of anilines is 1. The molecule has 9 nitrogen and oxygen atoms in total. The summed E-state index contributed by atoms with van der Waals surface area (Å²) in [6, 6.07) is 4.55. The van der Waals surface area contributed by atoms with Crippen LogP contribution in [-0.4, -0.2) is 66.2 Å². The number of benzene rings is 1. The second-order valence-corrected chi connectivity index (χ2v) is 8.52. The summed E-state index contributed by atoms with van der Waals surface area (Å²) >= 11 is 5.88. The minimum atomic E-state index is -0.363. The molecule has 5 rings (SSSR count). The van der Waals surface area contributed by atoms with Crippen molar-refractivity contribution in [3.05, 3.63) is 53.5 Å². The zero-order valence-electron chi connectivity index (χ0n) is 18.2. The van der Waals surface area contributed by atoms with Crippen molar-refractivity contribution in [3.63, 3.8) is 0 Å². The fraction of sp³-hybridized carbons (Fsp3) is 0.318. The van der Waals surface area contributed by atoms with E-state index in [1.54, 1.807) is 34.1 Å². The van der Waals surface area contributed by atoms with E-state index in [0.717, 1.165) is 11.1 Å². The quantitative estimate of drug-likeness (QED) is 0.494. The number of imidazole rings is 1. The normalized spacial score (nSPS) is 16.5. The molecule has 1 aromatic carbocycles. The van der Waals surface area contributed by atoms with Gasteiger partial charge >= 0.3 is 0 Å². The summed E-state index contributed by atoms with van der Waals surface area (Å²) in [6.07, 6.45) is 4.83. The number of halogens is 2. The van der Waals surface area contributed by atoms with Crippen molar-refractivity contribution in [3.8, 4) is 11.5 Å². The monoisotopic (exact) mass is 468 g/mol. The van der Waals surface area contributed by atoms with Crippen molar-refractivity contribution in [2.45, 2.75) is 26.4 Å². The summed E-state index contributed by atoms with van der Waals surface area (Å²) in [5.74, 6) is 0.152. The van der Waals surface area contributed by atoms with Crippen LogP contribution in [0.2, 0.25) is 5.02 Å². The average molecular weight is 469 g/mol. The third-order valence-electron chi connectivity index (χ3n) is 5.92. The number of rotatable bonds is 4. The molecule has 1 fully saturated rings. The third kappa shape index (κ3) is 3.91. The van der Waals surface area contributed by atoms with Crippen LogP contribution in [0.5, 0.6) is 0 Å². The molecule has 0 spiro atoms. The number of nitrogens with one attached hydrogen (secondary N) is 1. The smallest absolute Gasteiger partial charge is 0.244 e. The number of carbonyl (C=O) groups excluding carboxylic acids is 1. The Morgan fingerprint density at radius 2 is 2.12 bits per heavy atom. The van der Waals surface area contributed by atoms with Crippen LogP contribution < -0.4 is 4.90 Å². The fourth-order valence-corrected chi connectivity index (χ4v) is 4.49. The van der Waals surface area contributed by atoms with Gasteiger partial charge in [-0.1, -0.05) is 11.6 Å². The number of amides is 1. The molecule has 0 saturated carbocycles. The van der Waals surface area contributed by atoms with Crippen LogP contribution in [0, 0.1) is 12.7 Å². The molecule has 0 aliphatic carbocycles. The first-order valence-corrected chi connectivity index (χ1v) is 11.0. The van der Waals surface area contributed by atoms with Gasteiger partial charge in [0.1, 0.15) is 24.4 Å². The van der Waals surface area contributed by atoms with Crippen molar-refractivity contribution >= 4 is 34.2 Å².